The number of nitrogens with zero attached hydrogens (tertiary/aromatic N) is 1. The van der Waals surface area contributed by atoms with Crippen molar-refractivity contribution in [3.8, 4) is 5.75 Å². The maximum atomic E-state index is 11.8. The molecule has 2 aromatic carbocycles. The lowest BCUT2D eigenvalue weighted by Crippen LogP contribution is -2.14. The molecule has 0 fully saturated rings. The fourth-order valence-electron chi connectivity index (χ4n) is 3.66. The van der Waals surface area contributed by atoms with Crippen LogP contribution in [-0.4, -0.2) is 5.11 Å². The molecule has 0 aliphatic carbocycles. The molecule has 2 rings (SSSR count). The topological polar surface area (TPSA) is 49.7 Å². The Bertz CT molecular complexity index is 868. The third-order valence-corrected chi connectivity index (χ3v) is 5.40. The molecule has 0 aromatic heterocycles. The summed E-state index contributed by atoms with van der Waals surface area (Å²) in [5, 5.41) is 14.4. The maximum absolute atomic E-state index is 11.8. The van der Waals surface area contributed by atoms with Crippen molar-refractivity contribution in [3.05, 3.63) is 62.6 Å². The van der Waals surface area contributed by atoms with Gasteiger partial charge in [-0.2, -0.15) is 0 Å². The van der Waals surface area contributed by atoms with Crippen molar-refractivity contribution in [2.24, 2.45) is 5.18 Å². The van der Waals surface area contributed by atoms with Crippen molar-refractivity contribution in [2.75, 3.05) is 0 Å². The van der Waals surface area contributed by atoms with Crippen LogP contribution < -0.4 is 0 Å². The number of nitroso groups, excluding NO2 is 1. The molecular formula is C25H35NO2. The molecular weight excluding hydrogens is 346 g/mol. The highest BCUT2D eigenvalue weighted by Crippen LogP contribution is 2.40. The molecule has 0 spiro atoms. The molecule has 2 aromatic rings. The highest BCUT2D eigenvalue weighted by atomic mass is 16.3. The van der Waals surface area contributed by atoms with E-state index < -0.39 is 0 Å². The van der Waals surface area contributed by atoms with Crippen molar-refractivity contribution < 1.29 is 5.11 Å². The summed E-state index contributed by atoms with van der Waals surface area (Å²) < 4.78 is 0. The second-order valence-corrected chi connectivity index (χ2v) is 9.78. The second kappa shape index (κ2) is 8.06. The highest BCUT2D eigenvalue weighted by molar-refractivity contribution is 5.60. The minimum Gasteiger partial charge on any atom is -0.507 e. The van der Waals surface area contributed by atoms with Crippen LogP contribution in [-0.2, 0) is 30.1 Å². The molecule has 0 bridgehead atoms. The lowest BCUT2D eigenvalue weighted by atomic mass is 9.80. The Hall–Kier alpha value is -2.16. The fourth-order valence-corrected chi connectivity index (χ4v) is 3.66. The van der Waals surface area contributed by atoms with Crippen LogP contribution in [0.4, 0.5) is 5.69 Å². The predicted octanol–water partition coefficient (Wildman–Crippen LogP) is 7.10. The van der Waals surface area contributed by atoms with Gasteiger partial charge in [0.2, 0.25) is 0 Å². The molecule has 0 heterocycles. The van der Waals surface area contributed by atoms with E-state index in [0.717, 1.165) is 35.1 Å². The van der Waals surface area contributed by atoms with E-state index in [9.17, 15) is 10.0 Å². The number of phenolic OH excluding ortho intramolecular Hbond substituents is 1. The average Bonchev–Trinajstić information content (AvgIpc) is 2.60. The van der Waals surface area contributed by atoms with E-state index in [4.69, 9.17) is 0 Å². The first-order chi connectivity index (χ1) is 12.9. The number of rotatable bonds is 5. The third kappa shape index (κ3) is 4.63. The molecule has 0 amide bonds. The molecule has 152 valence electrons. The molecule has 1 N–H and O–H groups in total. The normalized spacial score (nSPS) is 12.3. The number of aromatic hydroxyl groups is 1. The predicted molar refractivity (Wildman–Crippen MR) is 119 cm³/mol. The summed E-state index contributed by atoms with van der Waals surface area (Å²) in [6, 6.07) is 8.33. The van der Waals surface area contributed by atoms with Crippen LogP contribution in [0, 0.1) is 4.91 Å². The maximum Gasteiger partial charge on any atom is 0.122 e. The zero-order valence-corrected chi connectivity index (χ0v) is 18.7. The quantitative estimate of drug-likeness (QED) is 0.561. The largest absolute Gasteiger partial charge is 0.507 e. The number of hydrogen-bond donors (Lipinski definition) is 1. The van der Waals surface area contributed by atoms with E-state index in [1.165, 1.54) is 11.1 Å². The minimum absolute atomic E-state index is 0.155. The summed E-state index contributed by atoms with van der Waals surface area (Å²) in [5.74, 6) is 0.334. The first-order valence-electron chi connectivity index (χ1n) is 10.3. The molecule has 3 nitrogen and oxygen atoms in total. The first kappa shape index (κ1) is 22.1. The summed E-state index contributed by atoms with van der Waals surface area (Å²) in [6.45, 7) is 16.9. The minimum atomic E-state index is -0.174. The molecule has 0 atom stereocenters. The Morgan fingerprint density at radius 3 is 1.68 bits per heavy atom. The van der Waals surface area contributed by atoms with Gasteiger partial charge in [-0.15, -0.1) is 4.91 Å². The van der Waals surface area contributed by atoms with E-state index in [-0.39, 0.29) is 10.8 Å². The van der Waals surface area contributed by atoms with Gasteiger partial charge in [0, 0.05) is 6.42 Å². The number of phenols is 1. The molecule has 0 saturated carbocycles. The van der Waals surface area contributed by atoms with Crippen LogP contribution in [0.15, 0.2) is 29.4 Å². The Kier molecular flexibility index (Phi) is 6.37. The van der Waals surface area contributed by atoms with E-state index in [0.29, 0.717) is 17.9 Å². The first-order valence-corrected chi connectivity index (χ1v) is 10.3. The molecule has 28 heavy (non-hydrogen) atoms. The van der Waals surface area contributed by atoms with Crippen molar-refractivity contribution in [1.29, 1.82) is 0 Å². The van der Waals surface area contributed by atoms with Gasteiger partial charge in [-0.1, -0.05) is 79.7 Å². The summed E-state index contributed by atoms with van der Waals surface area (Å²) in [7, 11) is 0. The van der Waals surface area contributed by atoms with Crippen molar-refractivity contribution in [3.63, 3.8) is 0 Å². The summed E-state index contributed by atoms with van der Waals surface area (Å²) in [4.78, 5) is 11.8. The van der Waals surface area contributed by atoms with E-state index in [1.807, 2.05) is 0 Å². The van der Waals surface area contributed by atoms with Crippen molar-refractivity contribution in [1.82, 2.24) is 0 Å². The second-order valence-electron chi connectivity index (χ2n) is 9.78. The Morgan fingerprint density at radius 1 is 0.786 bits per heavy atom. The molecule has 0 unspecified atom stereocenters. The Labute approximate surface area is 170 Å². The monoisotopic (exact) mass is 381 g/mol. The van der Waals surface area contributed by atoms with Gasteiger partial charge < -0.3 is 5.11 Å². The number of hydrogen-bond acceptors (Lipinski definition) is 3. The highest BCUT2D eigenvalue weighted by Gasteiger charge is 2.25. The van der Waals surface area contributed by atoms with Gasteiger partial charge in [0.25, 0.3) is 0 Å². The average molecular weight is 382 g/mol. The van der Waals surface area contributed by atoms with Gasteiger partial charge in [0.05, 0.1) is 0 Å². The van der Waals surface area contributed by atoms with Gasteiger partial charge in [-0.3, -0.25) is 0 Å². The summed E-state index contributed by atoms with van der Waals surface area (Å²) in [6.07, 6.45) is 2.29. The van der Waals surface area contributed by atoms with Crippen LogP contribution >= 0.6 is 0 Å². The van der Waals surface area contributed by atoms with Gasteiger partial charge >= 0.3 is 0 Å². The van der Waals surface area contributed by atoms with Crippen molar-refractivity contribution in [2.45, 2.75) is 85.5 Å². The van der Waals surface area contributed by atoms with Gasteiger partial charge in [0.1, 0.15) is 11.4 Å². The molecule has 0 radical (unpaired) electrons. The van der Waals surface area contributed by atoms with Crippen LogP contribution in [0.2, 0.25) is 0 Å². The lowest BCUT2D eigenvalue weighted by molar-refractivity contribution is 0.441. The SMILES string of the molecule is CCc1cc(Cc2cc(CC)cc(C(C)(C)C)c2N=O)c(O)c(C(C)(C)C)c1. The molecule has 0 saturated heterocycles. The summed E-state index contributed by atoms with van der Waals surface area (Å²) in [5.41, 5.74) is 6.25. The van der Waals surface area contributed by atoms with E-state index in [1.54, 1.807) is 0 Å². The third-order valence-electron chi connectivity index (χ3n) is 5.40. The molecule has 0 aliphatic heterocycles. The lowest BCUT2D eigenvalue weighted by Gasteiger charge is -2.25. The van der Waals surface area contributed by atoms with Crippen LogP contribution in [0.1, 0.15) is 88.8 Å². The summed E-state index contributed by atoms with van der Waals surface area (Å²) >= 11 is 0. The van der Waals surface area contributed by atoms with E-state index in [2.05, 4.69) is 84.8 Å². The van der Waals surface area contributed by atoms with Crippen molar-refractivity contribution >= 4 is 5.69 Å². The Balaban J connectivity index is 2.70. The molecule has 3 heteroatoms. The van der Waals surface area contributed by atoms with Gasteiger partial charge in [-0.25, -0.2) is 0 Å². The zero-order chi connectivity index (χ0) is 21.3. The van der Waals surface area contributed by atoms with Crippen LogP contribution in [0.25, 0.3) is 0 Å². The number of aryl methyl sites for hydroxylation is 2. The fraction of sp³-hybridized carbons (Fsp3) is 0.520. The standard InChI is InChI=1S/C25H35NO2/c1-9-16-11-18(22(26-28)20(13-16)24(3,4)5)15-19-12-17(10-2)14-21(23(19)27)25(6,7)8/h11-14,27H,9-10,15H2,1-8H3. The number of benzene rings is 2. The van der Waals surface area contributed by atoms with E-state index >= 15 is 0 Å². The molecule has 0 aliphatic rings. The smallest absolute Gasteiger partial charge is 0.122 e. The van der Waals surface area contributed by atoms with Crippen LogP contribution in [0.3, 0.4) is 0 Å². The van der Waals surface area contributed by atoms with Gasteiger partial charge in [-0.05, 0) is 62.2 Å². The van der Waals surface area contributed by atoms with Gasteiger partial charge in [0.15, 0.2) is 0 Å². The zero-order valence-electron chi connectivity index (χ0n) is 18.7. The Morgan fingerprint density at radius 2 is 1.25 bits per heavy atom. The van der Waals surface area contributed by atoms with Crippen LogP contribution in [0.5, 0.6) is 5.75 Å².